The summed E-state index contributed by atoms with van der Waals surface area (Å²) in [5.74, 6) is 0. The molecule has 0 aliphatic rings. The molecule has 1 N–H and O–H groups in total. The van der Waals surface area contributed by atoms with Crippen molar-refractivity contribution >= 4 is 10.0 Å². The molecule has 0 saturated heterocycles. The van der Waals surface area contributed by atoms with Gasteiger partial charge in [-0.3, -0.25) is 0 Å². The zero-order valence-electron chi connectivity index (χ0n) is 12.9. The molecule has 0 radical (unpaired) electrons. The monoisotopic (exact) mass is 303 g/mol. The highest BCUT2D eigenvalue weighted by Gasteiger charge is 2.28. The normalized spacial score (nSPS) is 12.6. The number of nitrogens with zero attached hydrogens (tertiary/aromatic N) is 2. The van der Waals surface area contributed by atoms with Crippen LogP contribution < -0.4 is 5.32 Å². The molecule has 0 bridgehead atoms. The van der Waals surface area contributed by atoms with Gasteiger partial charge in [0.15, 0.2) is 0 Å². The van der Waals surface area contributed by atoms with Crippen molar-refractivity contribution in [3.8, 4) is 0 Å². The molecule has 1 rings (SSSR count). The molecule has 0 spiro atoms. The Hall–Kier alpha value is -0.890. The molecule has 0 amide bonds. The second-order valence-corrected chi connectivity index (χ2v) is 6.90. The summed E-state index contributed by atoms with van der Waals surface area (Å²) in [4.78, 5) is 0.329. The summed E-state index contributed by atoms with van der Waals surface area (Å²) < 4.78 is 33.7. The maximum Gasteiger partial charge on any atom is 0.244 e. The minimum absolute atomic E-state index is 0.108. The van der Waals surface area contributed by atoms with E-state index < -0.39 is 10.0 Å². The van der Waals surface area contributed by atoms with Crippen molar-refractivity contribution in [2.45, 2.75) is 31.3 Å². The summed E-state index contributed by atoms with van der Waals surface area (Å²) in [5.41, 5.74) is 0.932. The van der Waals surface area contributed by atoms with Crippen LogP contribution in [0.1, 0.15) is 19.5 Å². The molecule has 0 aromatic carbocycles. The molecule has 0 aliphatic carbocycles. The Balaban J connectivity index is 3.09. The summed E-state index contributed by atoms with van der Waals surface area (Å²) in [7, 11) is 1.76. The summed E-state index contributed by atoms with van der Waals surface area (Å²) in [6.45, 7) is 5.10. The predicted octanol–water partition coefficient (Wildman–Crippen LogP) is 0.790. The minimum Gasteiger partial charge on any atom is -0.383 e. The molecule has 7 heteroatoms. The number of ether oxygens (including phenoxy) is 1. The van der Waals surface area contributed by atoms with Crippen LogP contribution in [0.25, 0.3) is 0 Å². The lowest BCUT2D eigenvalue weighted by molar-refractivity contribution is 0.171. The van der Waals surface area contributed by atoms with E-state index in [0.29, 0.717) is 24.6 Å². The van der Waals surface area contributed by atoms with E-state index in [2.05, 4.69) is 5.32 Å². The highest BCUT2D eigenvalue weighted by molar-refractivity contribution is 7.89. The molecule has 1 heterocycles. The molecule has 116 valence electrons. The van der Waals surface area contributed by atoms with Crippen molar-refractivity contribution in [1.29, 1.82) is 0 Å². The first-order valence-electron chi connectivity index (χ1n) is 6.65. The number of methoxy groups -OCH3 is 1. The van der Waals surface area contributed by atoms with Crippen molar-refractivity contribution in [2.75, 3.05) is 27.3 Å². The Morgan fingerprint density at radius 2 is 2.10 bits per heavy atom. The average Bonchev–Trinajstić information content (AvgIpc) is 2.72. The van der Waals surface area contributed by atoms with Crippen LogP contribution in [0.15, 0.2) is 17.2 Å². The number of sulfonamides is 1. The molecule has 1 aromatic heterocycles. The van der Waals surface area contributed by atoms with E-state index >= 15 is 0 Å². The van der Waals surface area contributed by atoms with Crippen molar-refractivity contribution < 1.29 is 13.2 Å². The highest BCUT2D eigenvalue weighted by atomic mass is 32.2. The number of rotatable bonds is 8. The third-order valence-electron chi connectivity index (χ3n) is 3.14. The van der Waals surface area contributed by atoms with Crippen LogP contribution in [-0.4, -0.2) is 50.6 Å². The smallest absolute Gasteiger partial charge is 0.244 e. The van der Waals surface area contributed by atoms with Crippen LogP contribution in [0.5, 0.6) is 0 Å². The molecular weight excluding hydrogens is 278 g/mol. The molecular formula is C13H25N3O3S. The zero-order valence-corrected chi connectivity index (χ0v) is 13.7. The second kappa shape index (κ2) is 7.21. The third kappa shape index (κ3) is 3.82. The molecule has 0 aliphatic heterocycles. The summed E-state index contributed by atoms with van der Waals surface area (Å²) in [6, 6.07) is 1.61. The first kappa shape index (κ1) is 17.2. The number of aryl methyl sites for hydroxylation is 1. The first-order chi connectivity index (χ1) is 9.34. The van der Waals surface area contributed by atoms with Crippen LogP contribution in [-0.2, 0) is 28.4 Å². The number of aromatic nitrogens is 1. The Bertz CT molecular complexity index is 523. The molecule has 0 saturated carbocycles. The van der Waals surface area contributed by atoms with Crippen LogP contribution in [0.3, 0.4) is 0 Å². The van der Waals surface area contributed by atoms with Crippen LogP contribution in [0.2, 0.25) is 0 Å². The van der Waals surface area contributed by atoms with Gasteiger partial charge in [0.1, 0.15) is 4.90 Å². The fraction of sp³-hybridized carbons (Fsp3) is 0.692. The Morgan fingerprint density at radius 3 is 2.60 bits per heavy atom. The molecule has 6 nitrogen and oxygen atoms in total. The SMILES string of the molecule is CNCc1cc(S(=O)(=O)N(CCOC)C(C)C)cn1C. The van der Waals surface area contributed by atoms with Crippen molar-refractivity contribution in [1.82, 2.24) is 14.2 Å². The van der Waals surface area contributed by atoms with Gasteiger partial charge in [-0.2, -0.15) is 4.31 Å². The van der Waals surface area contributed by atoms with Gasteiger partial charge in [-0.25, -0.2) is 8.42 Å². The fourth-order valence-corrected chi connectivity index (χ4v) is 3.76. The van der Waals surface area contributed by atoms with Gasteiger partial charge in [0.05, 0.1) is 6.61 Å². The Kier molecular flexibility index (Phi) is 6.19. The largest absolute Gasteiger partial charge is 0.383 e. The maximum atomic E-state index is 12.7. The zero-order chi connectivity index (χ0) is 15.3. The summed E-state index contributed by atoms with van der Waals surface area (Å²) >= 11 is 0. The van der Waals surface area contributed by atoms with Crippen molar-refractivity contribution in [2.24, 2.45) is 7.05 Å². The fourth-order valence-electron chi connectivity index (χ4n) is 2.05. The van der Waals surface area contributed by atoms with Crippen molar-refractivity contribution in [3.05, 3.63) is 18.0 Å². The molecule has 20 heavy (non-hydrogen) atoms. The van der Waals surface area contributed by atoms with Crippen LogP contribution >= 0.6 is 0 Å². The van der Waals surface area contributed by atoms with Crippen LogP contribution in [0, 0.1) is 0 Å². The van der Waals surface area contributed by atoms with Gasteiger partial charge in [0.25, 0.3) is 0 Å². The average molecular weight is 303 g/mol. The van der Waals surface area contributed by atoms with E-state index in [0.717, 1.165) is 5.69 Å². The lowest BCUT2D eigenvalue weighted by atomic mass is 10.4. The molecule has 1 aromatic rings. The van der Waals surface area contributed by atoms with E-state index in [1.807, 2.05) is 32.5 Å². The maximum absolute atomic E-state index is 12.7. The van der Waals surface area contributed by atoms with Gasteiger partial charge >= 0.3 is 0 Å². The summed E-state index contributed by atoms with van der Waals surface area (Å²) in [6.07, 6.45) is 1.66. The predicted molar refractivity (Wildman–Crippen MR) is 79.1 cm³/mol. The van der Waals surface area contributed by atoms with E-state index in [9.17, 15) is 8.42 Å². The second-order valence-electron chi connectivity index (χ2n) is 5.01. The topological polar surface area (TPSA) is 63.6 Å². The molecule has 0 unspecified atom stereocenters. The lowest BCUT2D eigenvalue weighted by Gasteiger charge is -2.25. The number of hydrogen-bond acceptors (Lipinski definition) is 4. The quantitative estimate of drug-likeness (QED) is 0.771. The van der Waals surface area contributed by atoms with E-state index in [4.69, 9.17) is 4.74 Å². The van der Waals surface area contributed by atoms with Crippen LogP contribution in [0.4, 0.5) is 0 Å². The lowest BCUT2D eigenvalue weighted by Crippen LogP contribution is -2.39. The van der Waals surface area contributed by atoms with Gasteiger partial charge < -0.3 is 14.6 Å². The standard InChI is InChI=1S/C13H25N3O3S/c1-11(2)16(6-7-19-5)20(17,18)13-8-12(9-14-3)15(4)10-13/h8,10-11,14H,6-7,9H2,1-5H3. The Morgan fingerprint density at radius 1 is 1.45 bits per heavy atom. The van der Waals surface area contributed by atoms with Gasteiger partial charge in [-0.1, -0.05) is 0 Å². The highest BCUT2D eigenvalue weighted by Crippen LogP contribution is 2.20. The number of hydrogen-bond donors (Lipinski definition) is 1. The number of nitrogens with one attached hydrogen (secondary N) is 1. The van der Waals surface area contributed by atoms with Crippen molar-refractivity contribution in [3.63, 3.8) is 0 Å². The van der Waals surface area contributed by atoms with Gasteiger partial charge in [0.2, 0.25) is 10.0 Å². The summed E-state index contributed by atoms with van der Waals surface area (Å²) in [5, 5.41) is 3.03. The van der Waals surface area contributed by atoms with Gasteiger partial charge in [-0.05, 0) is 27.0 Å². The van der Waals surface area contributed by atoms with E-state index in [-0.39, 0.29) is 6.04 Å². The van der Waals surface area contributed by atoms with E-state index in [1.54, 1.807) is 19.4 Å². The van der Waals surface area contributed by atoms with Gasteiger partial charge in [0, 0.05) is 45.2 Å². The van der Waals surface area contributed by atoms with E-state index in [1.165, 1.54) is 4.31 Å². The molecule has 0 fully saturated rings. The molecule has 0 atom stereocenters. The third-order valence-corrected chi connectivity index (χ3v) is 5.18. The minimum atomic E-state index is -3.49. The first-order valence-corrected chi connectivity index (χ1v) is 8.09. The Labute approximate surface area is 121 Å². The van der Waals surface area contributed by atoms with Gasteiger partial charge in [-0.15, -0.1) is 0 Å².